The highest BCUT2D eigenvalue weighted by Crippen LogP contribution is 2.27. The maximum atomic E-state index is 12.9. The van der Waals surface area contributed by atoms with Crippen molar-refractivity contribution < 1.29 is 9.21 Å². The van der Waals surface area contributed by atoms with Crippen LogP contribution in [-0.4, -0.2) is 5.91 Å². The average molecular weight is 369 g/mol. The monoisotopic (exact) mass is 369 g/mol. The van der Waals surface area contributed by atoms with Crippen LogP contribution in [0.25, 0.3) is 11.0 Å². The van der Waals surface area contributed by atoms with Gasteiger partial charge in [-0.05, 0) is 42.2 Å². The fourth-order valence-electron chi connectivity index (χ4n) is 3.79. The smallest absolute Gasteiger partial charge is 0.225 e. The standard InChI is InChI=1S/C25H23NO2/c1-17-13-18(2)24-21(16-28-22(24)14-17)15-23(27)26-25(19-9-5-3-6-10-19)20-11-7-4-8-12-20/h3-14,16,25H,15H2,1-2H3,(H,26,27). The summed E-state index contributed by atoms with van der Waals surface area (Å²) in [5.41, 5.74) is 6.17. The molecule has 4 rings (SSSR count). The highest BCUT2D eigenvalue weighted by molar-refractivity contribution is 5.90. The Morgan fingerprint density at radius 3 is 2.14 bits per heavy atom. The van der Waals surface area contributed by atoms with E-state index < -0.39 is 0 Å². The molecule has 28 heavy (non-hydrogen) atoms. The first-order chi connectivity index (χ1) is 13.6. The summed E-state index contributed by atoms with van der Waals surface area (Å²) in [6, 6.07) is 24.0. The van der Waals surface area contributed by atoms with E-state index in [1.54, 1.807) is 6.26 Å². The lowest BCUT2D eigenvalue weighted by atomic mass is 9.98. The molecule has 4 aromatic rings. The molecule has 0 aliphatic rings. The molecule has 0 aliphatic carbocycles. The van der Waals surface area contributed by atoms with Gasteiger partial charge >= 0.3 is 0 Å². The number of benzene rings is 3. The highest BCUT2D eigenvalue weighted by atomic mass is 16.3. The van der Waals surface area contributed by atoms with E-state index in [0.29, 0.717) is 0 Å². The number of amides is 1. The average Bonchev–Trinajstić information content (AvgIpc) is 3.10. The molecular weight excluding hydrogens is 346 g/mol. The number of rotatable bonds is 5. The quantitative estimate of drug-likeness (QED) is 0.505. The van der Waals surface area contributed by atoms with Crippen molar-refractivity contribution in [1.29, 1.82) is 0 Å². The van der Waals surface area contributed by atoms with E-state index in [4.69, 9.17) is 4.42 Å². The van der Waals surface area contributed by atoms with E-state index in [1.807, 2.05) is 73.7 Å². The zero-order chi connectivity index (χ0) is 19.5. The summed E-state index contributed by atoms with van der Waals surface area (Å²) in [4.78, 5) is 12.9. The summed E-state index contributed by atoms with van der Waals surface area (Å²) in [5.74, 6) is -0.0274. The molecule has 0 aliphatic heterocycles. The molecule has 3 nitrogen and oxygen atoms in total. The first-order valence-corrected chi connectivity index (χ1v) is 9.48. The predicted molar refractivity (Wildman–Crippen MR) is 112 cm³/mol. The van der Waals surface area contributed by atoms with E-state index in [1.165, 1.54) is 0 Å². The Morgan fingerprint density at radius 2 is 1.54 bits per heavy atom. The second-order valence-electron chi connectivity index (χ2n) is 7.21. The van der Waals surface area contributed by atoms with Crippen LogP contribution in [-0.2, 0) is 11.2 Å². The largest absolute Gasteiger partial charge is 0.464 e. The van der Waals surface area contributed by atoms with Crippen LogP contribution in [0.2, 0.25) is 0 Å². The van der Waals surface area contributed by atoms with Crippen LogP contribution in [0.15, 0.2) is 83.5 Å². The summed E-state index contributed by atoms with van der Waals surface area (Å²) in [7, 11) is 0. The van der Waals surface area contributed by atoms with Crippen molar-refractivity contribution in [2.24, 2.45) is 0 Å². The van der Waals surface area contributed by atoms with E-state index in [0.717, 1.165) is 38.8 Å². The van der Waals surface area contributed by atoms with Crippen LogP contribution >= 0.6 is 0 Å². The third-order valence-electron chi connectivity index (χ3n) is 5.02. The van der Waals surface area contributed by atoms with Gasteiger partial charge in [0.15, 0.2) is 0 Å². The number of hydrogen-bond acceptors (Lipinski definition) is 2. The minimum atomic E-state index is -0.184. The first-order valence-electron chi connectivity index (χ1n) is 9.48. The van der Waals surface area contributed by atoms with Gasteiger partial charge < -0.3 is 9.73 Å². The first kappa shape index (κ1) is 18.1. The Hall–Kier alpha value is -3.33. The molecule has 3 aromatic carbocycles. The highest BCUT2D eigenvalue weighted by Gasteiger charge is 2.19. The predicted octanol–water partition coefficient (Wildman–Crippen LogP) is 5.50. The van der Waals surface area contributed by atoms with Crippen LogP contribution < -0.4 is 5.32 Å². The Bertz CT molecular complexity index is 1060. The lowest BCUT2D eigenvalue weighted by molar-refractivity contribution is -0.120. The minimum Gasteiger partial charge on any atom is -0.464 e. The molecule has 0 saturated carbocycles. The summed E-state index contributed by atoms with van der Waals surface area (Å²) >= 11 is 0. The lowest BCUT2D eigenvalue weighted by Crippen LogP contribution is -2.30. The van der Waals surface area contributed by atoms with Crippen LogP contribution in [0.3, 0.4) is 0 Å². The molecule has 1 N–H and O–H groups in total. The fourth-order valence-corrected chi connectivity index (χ4v) is 3.79. The van der Waals surface area contributed by atoms with E-state index in [2.05, 4.69) is 18.3 Å². The Balaban J connectivity index is 1.61. The Kier molecular flexibility index (Phi) is 4.98. The van der Waals surface area contributed by atoms with Gasteiger partial charge in [0.2, 0.25) is 5.91 Å². The summed E-state index contributed by atoms with van der Waals surface area (Å²) < 4.78 is 5.71. The van der Waals surface area contributed by atoms with Crippen molar-refractivity contribution in [2.75, 3.05) is 0 Å². The van der Waals surface area contributed by atoms with Gasteiger partial charge in [0.25, 0.3) is 0 Å². The molecule has 1 heterocycles. The second kappa shape index (κ2) is 7.73. The normalized spacial score (nSPS) is 11.1. The van der Waals surface area contributed by atoms with Crippen LogP contribution in [0, 0.1) is 13.8 Å². The number of nitrogens with one attached hydrogen (secondary N) is 1. The van der Waals surface area contributed by atoms with Gasteiger partial charge in [-0.25, -0.2) is 0 Å². The SMILES string of the molecule is Cc1cc(C)c2c(CC(=O)NC(c3ccccc3)c3ccccc3)coc2c1. The number of furan rings is 1. The van der Waals surface area contributed by atoms with Crippen LogP contribution in [0.4, 0.5) is 0 Å². The zero-order valence-corrected chi connectivity index (χ0v) is 16.1. The maximum Gasteiger partial charge on any atom is 0.225 e. The third kappa shape index (κ3) is 3.70. The van der Waals surface area contributed by atoms with E-state index >= 15 is 0 Å². The van der Waals surface area contributed by atoms with Gasteiger partial charge in [0.1, 0.15) is 5.58 Å². The second-order valence-corrected chi connectivity index (χ2v) is 7.21. The van der Waals surface area contributed by atoms with Gasteiger partial charge in [0, 0.05) is 10.9 Å². The number of fused-ring (bicyclic) bond motifs is 1. The molecule has 3 heteroatoms. The minimum absolute atomic E-state index is 0.0274. The van der Waals surface area contributed by atoms with Gasteiger partial charge in [-0.15, -0.1) is 0 Å². The molecule has 0 saturated heterocycles. The molecule has 140 valence electrons. The molecule has 0 bridgehead atoms. The summed E-state index contributed by atoms with van der Waals surface area (Å²) in [6.45, 7) is 4.11. The molecule has 0 spiro atoms. The van der Waals surface area contributed by atoms with Crippen molar-refractivity contribution in [2.45, 2.75) is 26.3 Å². The lowest BCUT2D eigenvalue weighted by Gasteiger charge is -2.20. The molecule has 0 radical (unpaired) electrons. The van der Waals surface area contributed by atoms with Crippen molar-refractivity contribution in [3.05, 3.63) is 107 Å². The Labute approximate surface area is 165 Å². The zero-order valence-electron chi connectivity index (χ0n) is 16.1. The van der Waals surface area contributed by atoms with E-state index in [-0.39, 0.29) is 18.4 Å². The van der Waals surface area contributed by atoms with Crippen molar-refractivity contribution in [3.8, 4) is 0 Å². The summed E-state index contributed by atoms with van der Waals surface area (Å²) in [6.07, 6.45) is 1.99. The number of carbonyl (C=O) groups excluding carboxylic acids is 1. The molecule has 1 aromatic heterocycles. The van der Waals surface area contributed by atoms with Crippen molar-refractivity contribution in [1.82, 2.24) is 5.32 Å². The third-order valence-corrected chi connectivity index (χ3v) is 5.02. The Morgan fingerprint density at radius 1 is 0.929 bits per heavy atom. The number of aryl methyl sites for hydroxylation is 2. The van der Waals surface area contributed by atoms with Crippen molar-refractivity contribution >= 4 is 16.9 Å². The van der Waals surface area contributed by atoms with Gasteiger partial charge in [-0.1, -0.05) is 66.7 Å². The van der Waals surface area contributed by atoms with Gasteiger partial charge in [-0.2, -0.15) is 0 Å². The van der Waals surface area contributed by atoms with Crippen molar-refractivity contribution in [3.63, 3.8) is 0 Å². The summed E-state index contributed by atoms with van der Waals surface area (Å²) in [5, 5.41) is 4.24. The molecular formula is C25H23NO2. The fraction of sp³-hybridized carbons (Fsp3) is 0.160. The van der Waals surface area contributed by atoms with E-state index in [9.17, 15) is 4.79 Å². The van der Waals surface area contributed by atoms with Crippen LogP contribution in [0.5, 0.6) is 0 Å². The van der Waals surface area contributed by atoms with Gasteiger partial charge in [0.05, 0.1) is 18.7 Å². The molecule has 0 atom stereocenters. The number of carbonyl (C=O) groups is 1. The number of hydrogen-bond donors (Lipinski definition) is 1. The molecule has 1 amide bonds. The topological polar surface area (TPSA) is 42.2 Å². The van der Waals surface area contributed by atoms with Gasteiger partial charge in [-0.3, -0.25) is 4.79 Å². The maximum absolute atomic E-state index is 12.9. The molecule has 0 unspecified atom stereocenters. The van der Waals surface area contributed by atoms with Crippen LogP contribution in [0.1, 0.15) is 33.9 Å². The molecule has 0 fully saturated rings.